The molecule has 0 aliphatic carbocycles. The van der Waals surface area contributed by atoms with E-state index in [9.17, 15) is 18.0 Å². The number of carbonyl (C=O) groups is 1. The number of hydrogen-bond donors (Lipinski definition) is 1. The number of rotatable bonds is 4. The fourth-order valence-electron chi connectivity index (χ4n) is 3.70. The quantitative estimate of drug-likeness (QED) is 0.485. The number of nitrogens with two attached hydrogens (primary N) is 1. The third-order valence-corrected chi connectivity index (χ3v) is 5.01. The highest BCUT2D eigenvalue weighted by atomic mass is 19.4. The molecule has 0 aliphatic heterocycles. The Bertz CT molecular complexity index is 1280. The average Bonchev–Trinajstić information content (AvgIpc) is 2.72. The molecule has 4 aromatic rings. The van der Waals surface area contributed by atoms with Crippen molar-refractivity contribution in [3.8, 4) is 22.4 Å². The zero-order valence-corrected chi connectivity index (χ0v) is 16.6. The summed E-state index contributed by atoms with van der Waals surface area (Å²) in [5.74, 6) is -0.516. The number of hydrogen-bond acceptors (Lipinski definition) is 3. The normalized spacial score (nSPS) is 11.6. The molecule has 3 aromatic carbocycles. The Morgan fingerprint density at radius 3 is 2.32 bits per heavy atom. The van der Waals surface area contributed by atoms with Gasteiger partial charge in [0.25, 0.3) is 0 Å². The molecule has 0 bridgehead atoms. The number of para-hydroxylation sites is 1. The highest BCUT2D eigenvalue weighted by molar-refractivity contribution is 5.90. The number of alkyl halides is 3. The molecule has 0 radical (unpaired) electrons. The molecule has 1 amide bonds. The Hall–Kier alpha value is -3.74. The lowest BCUT2D eigenvalue weighted by Crippen LogP contribution is -2.15. The standard InChI is InChI=1S/C24H18F3N3O/c1-14-22(30-19-12-6-11-18(23(19)29-14)24(25,26)27)21-16(13-20(28)31)9-5-10-17(21)15-7-3-2-4-8-15/h2-12H,13H2,1H3,(H2,28,31). The Balaban J connectivity index is 2.03. The summed E-state index contributed by atoms with van der Waals surface area (Å²) in [5, 5.41) is 0. The zero-order chi connectivity index (χ0) is 22.2. The van der Waals surface area contributed by atoms with Crippen molar-refractivity contribution >= 4 is 16.9 Å². The topological polar surface area (TPSA) is 68.9 Å². The number of halogens is 3. The van der Waals surface area contributed by atoms with E-state index in [0.29, 0.717) is 22.5 Å². The number of carbonyl (C=O) groups excluding carboxylic acids is 1. The van der Waals surface area contributed by atoms with Crippen LogP contribution in [0.4, 0.5) is 13.2 Å². The van der Waals surface area contributed by atoms with E-state index in [2.05, 4.69) is 9.97 Å². The second-order valence-corrected chi connectivity index (χ2v) is 7.18. The largest absolute Gasteiger partial charge is 0.418 e. The van der Waals surface area contributed by atoms with Gasteiger partial charge in [-0.25, -0.2) is 9.97 Å². The van der Waals surface area contributed by atoms with Crippen LogP contribution in [0.2, 0.25) is 0 Å². The molecule has 4 nitrogen and oxygen atoms in total. The number of aryl methyl sites for hydroxylation is 1. The van der Waals surface area contributed by atoms with Crippen LogP contribution in [0, 0.1) is 6.92 Å². The van der Waals surface area contributed by atoms with Crippen molar-refractivity contribution < 1.29 is 18.0 Å². The molecule has 1 heterocycles. The predicted molar refractivity (Wildman–Crippen MR) is 113 cm³/mol. The second-order valence-electron chi connectivity index (χ2n) is 7.18. The van der Waals surface area contributed by atoms with E-state index in [1.165, 1.54) is 12.1 Å². The zero-order valence-electron chi connectivity index (χ0n) is 16.6. The highest BCUT2D eigenvalue weighted by Gasteiger charge is 2.33. The van der Waals surface area contributed by atoms with Gasteiger partial charge in [-0.3, -0.25) is 4.79 Å². The first-order valence-electron chi connectivity index (χ1n) is 9.56. The molecule has 31 heavy (non-hydrogen) atoms. The highest BCUT2D eigenvalue weighted by Crippen LogP contribution is 2.38. The number of benzene rings is 3. The molecular weight excluding hydrogens is 403 g/mol. The molecule has 0 unspecified atom stereocenters. The van der Waals surface area contributed by atoms with Crippen LogP contribution in [-0.2, 0) is 17.4 Å². The first-order valence-corrected chi connectivity index (χ1v) is 9.56. The summed E-state index contributed by atoms with van der Waals surface area (Å²) in [6.45, 7) is 1.62. The van der Waals surface area contributed by atoms with Gasteiger partial charge < -0.3 is 5.73 Å². The Morgan fingerprint density at radius 2 is 1.65 bits per heavy atom. The van der Waals surface area contributed by atoms with E-state index in [0.717, 1.165) is 17.2 Å². The smallest absolute Gasteiger partial charge is 0.369 e. The Kier molecular flexibility index (Phi) is 5.19. The van der Waals surface area contributed by atoms with E-state index in [1.54, 1.807) is 13.0 Å². The number of nitrogens with zero attached hydrogens (tertiary/aromatic N) is 2. The van der Waals surface area contributed by atoms with Crippen molar-refractivity contribution in [2.24, 2.45) is 5.73 Å². The van der Waals surface area contributed by atoms with Gasteiger partial charge in [0.2, 0.25) is 5.91 Å². The fraction of sp³-hybridized carbons (Fsp3) is 0.125. The minimum Gasteiger partial charge on any atom is -0.369 e. The van der Waals surface area contributed by atoms with E-state index in [-0.39, 0.29) is 17.5 Å². The van der Waals surface area contributed by atoms with E-state index in [1.807, 2.05) is 42.5 Å². The molecular formula is C24H18F3N3O. The van der Waals surface area contributed by atoms with Gasteiger partial charge in [-0.05, 0) is 35.7 Å². The summed E-state index contributed by atoms with van der Waals surface area (Å²) < 4.78 is 40.3. The molecule has 0 atom stereocenters. The van der Waals surface area contributed by atoms with Crippen LogP contribution >= 0.6 is 0 Å². The van der Waals surface area contributed by atoms with Gasteiger partial charge in [-0.1, -0.05) is 54.6 Å². The number of aromatic nitrogens is 2. The summed E-state index contributed by atoms with van der Waals surface area (Å²) in [5.41, 5.74) is 8.25. The third-order valence-electron chi connectivity index (χ3n) is 5.01. The summed E-state index contributed by atoms with van der Waals surface area (Å²) in [4.78, 5) is 20.5. The molecule has 2 N–H and O–H groups in total. The summed E-state index contributed by atoms with van der Waals surface area (Å²) in [6.07, 6.45) is -4.57. The van der Waals surface area contributed by atoms with E-state index < -0.39 is 17.6 Å². The van der Waals surface area contributed by atoms with Gasteiger partial charge in [0.05, 0.1) is 28.9 Å². The molecule has 0 saturated heterocycles. The molecule has 0 saturated carbocycles. The van der Waals surface area contributed by atoms with Crippen LogP contribution < -0.4 is 5.73 Å². The minimum atomic E-state index is -4.54. The number of fused-ring (bicyclic) bond motifs is 1. The summed E-state index contributed by atoms with van der Waals surface area (Å²) in [7, 11) is 0. The monoisotopic (exact) mass is 421 g/mol. The number of primary amides is 1. The second kappa shape index (κ2) is 7.83. The summed E-state index contributed by atoms with van der Waals surface area (Å²) in [6, 6.07) is 18.8. The van der Waals surface area contributed by atoms with Gasteiger partial charge in [-0.2, -0.15) is 13.2 Å². The predicted octanol–water partition coefficient (Wildman–Crippen LogP) is 5.32. The third kappa shape index (κ3) is 3.99. The first kappa shape index (κ1) is 20.5. The molecule has 7 heteroatoms. The Labute approximate surface area is 176 Å². The van der Waals surface area contributed by atoms with Crippen LogP contribution in [0.3, 0.4) is 0 Å². The lowest BCUT2D eigenvalue weighted by atomic mass is 9.91. The lowest BCUT2D eigenvalue weighted by Gasteiger charge is -2.17. The maximum atomic E-state index is 13.4. The van der Waals surface area contributed by atoms with Gasteiger partial charge >= 0.3 is 6.18 Å². The van der Waals surface area contributed by atoms with Gasteiger partial charge in [0, 0.05) is 5.56 Å². The van der Waals surface area contributed by atoms with Crippen LogP contribution in [0.15, 0.2) is 66.7 Å². The molecule has 0 fully saturated rings. The van der Waals surface area contributed by atoms with Crippen molar-refractivity contribution in [3.05, 3.63) is 83.6 Å². The Morgan fingerprint density at radius 1 is 0.935 bits per heavy atom. The van der Waals surface area contributed by atoms with Gasteiger partial charge in [-0.15, -0.1) is 0 Å². The van der Waals surface area contributed by atoms with Crippen LogP contribution in [0.1, 0.15) is 16.8 Å². The fourth-order valence-corrected chi connectivity index (χ4v) is 3.70. The maximum absolute atomic E-state index is 13.4. The van der Waals surface area contributed by atoms with Crippen molar-refractivity contribution in [2.75, 3.05) is 0 Å². The lowest BCUT2D eigenvalue weighted by molar-refractivity contribution is -0.136. The molecule has 0 aliphatic rings. The van der Waals surface area contributed by atoms with Crippen molar-refractivity contribution in [1.29, 1.82) is 0 Å². The molecule has 1 aromatic heterocycles. The van der Waals surface area contributed by atoms with Crippen molar-refractivity contribution in [3.63, 3.8) is 0 Å². The van der Waals surface area contributed by atoms with Gasteiger partial charge in [0.1, 0.15) is 5.52 Å². The van der Waals surface area contributed by atoms with Crippen molar-refractivity contribution in [1.82, 2.24) is 9.97 Å². The SMILES string of the molecule is Cc1nc2c(C(F)(F)F)cccc2nc1-c1c(CC(N)=O)cccc1-c1ccccc1. The molecule has 0 spiro atoms. The van der Waals surface area contributed by atoms with Crippen molar-refractivity contribution in [2.45, 2.75) is 19.5 Å². The van der Waals surface area contributed by atoms with Gasteiger partial charge in [0.15, 0.2) is 0 Å². The molecule has 156 valence electrons. The van der Waals surface area contributed by atoms with Crippen LogP contribution in [0.5, 0.6) is 0 Å². The maximum Gasteiger partial charge on any atom is 0.418 e. The van der Waals surface area contributed by atoms with Crippen LogP contribution in [-0.4, -0.2) is 15.9 Å². The van der Waals surface area contributed by atoms with Crippen LogP contribution in [0.25, 0.3) is 33.4 Å². The number of amides is 1. The average molecular weight is 421 g/mol. The molecule has 4 rings (SSSR count). The van der Waals surface area contributed by atoms with E-state index >= 15 is 0 Å². The minimum absolute atomic E-state index is 0.0300. The summed E-state index contributed by atoms with van der Waals surface area (Å²) >= 11 is 0. The van der Waals surface area contributed by atoms with E-state index in [4.69, 9.17) is 5.73 Å². The first-order chi connectivity index (χ1) is 14.8.